The molecule has 0 saturated carbocycles. The van der Waals surface area contributed by atoms with Crippen molar-refractivity contribution in [1.29, 1.82) is 0 Å². The highest BCUT2D eigenvalue weighted by Gasteiger charge is 2.34. The van der Waals surface area contributed by atoms with Crippen LogP contribution in [0, 0.1) is 0 Å². The Morgan fingerprint density at radius 2 is 1.89 bits per heavy atom. The molecule has 1 aliphatic rings. The van der Waals surface area contributed by atoms with E-state index in [2.05, 4.69) is 25.9 Å². The third-order valence-corrected chi connectivity index (χ3v) is 8.40. The number of nitrogens with zero attached hydrogens (tertiary/aromatic N) is 5. The largest absolute Gasteiger partial charge is 0.434 e. The summed E-state index contributed by atoms with van der Waals surface area (Å²) in [5, 5.41) is 9.77. The second-order valence-electron chi connectivity index (χ2n) is 11.2. The minimum Gasteiger partial charge on any atom is -0.345 e. The van der Waals surface area contributed by atoms with E-state index in [1.165, 1.54) is 12.3 Å². The number of hydrogen-bond acceptors (Lipinski definition) is 8. The number of thiazole rings is 1. The van der Waals surface area contributed by atoms with Crippen LogP contribution >= 0.6 is 11.3 Å². The van der Waals surface area contributed by atoms with Crippen LogP contribution in [0.5, 0.6) is 0 Å². The number of nitrogens with one attached hydrogen (secondary N) is 3. The Bertz CT molecular complexity index is 1800. The minimum atomic E-state index is -4.64. The lowest BCUT2D eigenvalue weighted by atomic mass is 9.99. The quantitative estimate of drug-likeness (QED) is 0.245. The van der Waals surface area contributed by atoms with E-state index in [-0.39, 0.29) is 22.3 Å². The summed E-state index contributed by atoms with van der Waals surface area (Å²) < 4.78 is 42.4. The molecular formula is C31H35F3N8O3S. The number of benzene rings is 1. The molecule has 0 aliphatic carbocycles. The molecule has 15 heteroatoms. The third kappa shape index (κ3) is 7.37. The number of urea groups is 1. The first-order valence-electron chi connectivity index (χ1n) is 14.9. The molecule has 1 fully saturated rings. The van der Waals surface area contributed by atoms with Crippen LogP contribution in [0.25, 0.3) is 32.6 Å². The lowest BCUT2D eigenvalue weighted by molar-refractivity contribution is -0.140. The van der Waals surface area contributed by atoms with Gasteiger partial charge in [-0.3, -0.25) is 14.9 Å². The second kappa shape index (κ2) is 14.0. The summed E-state index contributed by atoms with van der Waals surface area (Å²) in [7, 11) is 3.86. The Hall–Kier alpha value is -4.34. The van der Waals surface area contributed by atoms with Crippen LogP contribution in [-0.2, 0) is 12.7 Å². The van der Waals surface area contributed by atoms with Gasteiger partial charge in [0.15, 0.2) is 5.69 Å². The van der Waals surface area contributed by atoms with Crippen molar-refractivity contribution in [3.8, 4) is 21.7 Å². The van der Waals surface area contributed by atoms with Crippen LogP contribution in [0.1, 0.15) is 29.4 Å². The van der Waals surface area contributed by atoms with E-state index in [0.29, 0.717) is 79.8 Å². The number of likely N-dealkylation sites (N-methyl/N-ethyl adjacent to an activating group) is 1. The van der Waals surface area contributed by atoms with Gasteiger partial charge in [-0.2, -0.15) is 13.2 Å². The maximum Gasteiger partial charge on any atom is 0.434 e. The summed E-state index contributed by atoms with van der Waals surface area (Å²) in [6.45, 7) is 5.72. The number of pyridine rings is 2. The Kier molecular flexibility index (Phi) is 10.0. The lowest BCUT2D eigenvalue weighted by Crippen LogP contribution is -2.47. The molecule has 0 bridgehead atoms. The van der Waals surface area contributed by atoms with Gasteiger partial charge in [-0.1, -0.05) is 13.0 Å². The molecule has 0 radical (unpaired) electrons. The van der Waals surface area contributed by atoms with Gasteiger partial charge in [0.05, 0.1) is 5.52 Å². The molecule has 4 heterocycles. The maximum atomic E-state index is 13.9. The first-order valence-corrected chi connectivity index (χ1v) is 15.7. The number of amides is 3. The van der Waals surface area contributed by atoms with Crippen LogP contribution in [0.2, 0.25) is 0 Å². The lowest BCUT2D eigenvalue weighted by Gasteiger charge is -2.27. The van der Waals surface area contributed by atoms with Crippen molar-refractivity contribution in [2.75, 3.05) is 58.7 Å². The molecule has 1 aromatic carbocycles. The number of anilines is 1. The molecule has 0 spiro atoms. The van der Waals surface area contributed by atoms with Gasteiger partial charge in [0, 0.05) is 80.1 Å². The van der Waals surface area contributed by atoms with E-state index in [1.807, 2.05) is 30.5 Å². The molecule has 46 heavy (non-hydrogen) atoms. The Morgan fingerprint density at radius 3 is 2.57 bits per heavy atom. The van der Waals surface area contributed by atoms with Crippen molar-refractivity contribution >= 4 is 40.0 Å². The summed E-state index contributed by atoms with van der Waals surface area (Å²) in [6.07, 6.45) is -0.882. The summed E-state index contributed by atoms with van der Waals surface area (Å²) in [5.74, 6) is -0.231. The van der Waals surface area contributed by atoms with Crippen molar-refractivity contribution < 1.29 is 22.8 Å². The van der Waals surface area contributed by atoms with E-state index in [1.54, 1.807) is 29.3 Å². The number of hydrogen-bond donors (Lipinski definition) is 3. The minimum absolute atomic E-state index is 0.0519. The molecule has 0 unspecified atom stereocenters. The zero-order valence-corrected chi connectivity index (χ0v) is 26.5. The smallest absolute Gasteiger partial charge is 0.345 e. The molecule has 11 nitrogen and oxygen atoms in total. The number of piperazine rings is 1. The van der Waals surface area contributed by atoms with Crippen molar-refractivity contribution in [3.05, 3.63) is 63.5 Å². The highest BCUT2D eigenvalue weighted by Crippen LogP contribution is 2.39. The predicted molar refractivity (Wildman–Crippen MR) is 172 cm³/mol. The SMILES string of the molecule is CCCNC(=O)Nc1cc(-c2nc(C(F)(F)F)cs2)c(-c2ccc3c(c2)c(=O)c(C(=O)N2CCNCC2)cn3CCN(C)C)cn1. The predicted octanol–water partition coefficient (Wildman–Crippen LogP) is 4.34. The first kappa shape index (κ1) is 33.0. The first-order chi connectivity index (χ1) is 22.0. The van der Waals surface area contributed by atoms with Crippen molar-refractivity contribution in [3.63, 3.8) is 0 Å². The molecule has 1 saturated heterocycles. The average molecular weight is 657 g/mol. The Balaban J connectivity index is 1.65. The van der Waals surface area contributed by atoms with Crippen LogP contribution in [0.15, 0.2) is 46.8 Å². The van der Waals surface area contributed by atoms with Crippen LogP contribution in [0.3, 0.4) is 0 Å². The fraction of sp³-hybridized carbons (Fsp3) is 0.387. The van der Waals surface area contributed by atoms with Gasteiger partial charge in [0.1, 0.15) is 16.4 Å². The molecule has 3 aromatic heterocycles. The van der Waals surface area contributed by atoms with Crippen LogP contribution < -0.4 is 21.4 Å². The molecule has 1 aliphatic heterocycles. The third-order valence-electron chi connectivity index (χ3n) is 7.52. The number of fused-ring (bicyclic) bond motifs is 1. The number of alkyl halides is 3. The highest BCUT2D eigenvalue weighted by atomic mass is 32.1. The molecule has 0 atom stereocenters. The van der Waals surface area contributed by atoms with Gasteiger partial charge >= 0.3 is 12.2 Å². The molecule has 3 N–H and O–H groups in total. The van der Waals surface area contributed by atoms with Crippen LogP contribution in [-0.4, -0.2) is 89.6 Å². The summed E-state index contributed by atoms with van der Waals surface area (Å²) >= 11 is 0.807. The second-order valence-corrected chi connectivity index (χ2v) is 12.0. The summed E-state index contributed by atoms with van der Waals surface area (Å²) in [4.78, 5) is 51.6. The van der Waals surface area contributed by atoms with Crippen molar-refractivity contribution in [2.45, 2.75) is 26.1 Å². The monoisotopic (exact) mass is 656 g/mol. The topological polar surface area (TPSA) is 124 Å². The normalized spacial score (nSPS) is 13.8. The van der Waals surface area contributed by atoms with Gasteiger partial charge in [-0.25, -0.2) is 14.8 Å². The zero-order valence-electron chi connectivity index (χ0n) is 25.7. The summed E-state index contributed by atoms with van der Waals surface area (Å²) in [5.41, 5.74) is 0.379. The van der Waals surface area contributed by atoms with Crippen molar-refractivity contribution in [2.24, 2.45) is 0 Å². The van der Waals surface area contributed by atoms with Gasteiger partial charge in [-0.05, 0) is 44.3 Å². The van der Waals surface area contributed by atoms with E-state index >= 15 is 0 Å². The van der Waals surface area contributed by atoms with Gasteiger partial charge in [0.2, 0.25) is 5.43 Å². The fourth-order valence-corrected chi connectivity index (χ4v) is 5.96. The van der Waals surface area contributed by atoms with Gasteiger partial charge in [0.25, 0.3) is 5.91 Å². The van der Waals surface area contributed by atoms with Gasteiger partial charge in [-0.15, -0.1) is 11.3 Å². The number of aromatic nitrogens is 3. The van der Waals surface area contributed by atoms with E-state index in [0.717, 1.165) is 16.7 Å². The van der Waals surface area contributed by atoms with Crippen molar-refractivity contribution in [1.82, 2.24) is 35.0 Å². The van der Waals surface area contributed by atoms with Crippen LogP contribution in [0.4, 0.5) is 23.8 Å². The number of rotatable bonds is 9. The maximum absolute atomic E-state index is 13.9. The average Bonchev–Trinajstić information content (AvgIpc) is 3.55. The van der Waals surface area contributed by atoms with E-state index in [9.17, 15) is 27.6 Å². The zero-order chi connectivity index (χ0) is 33.0. The Labute approximate surface area is 267 Å². The fourth-order valence-electron chi connectivity index (χ4n) is 5.11. The Morgan fingerprint density at radius 1 is 1.13 bits per heavy atom. The summed E-state index contributed by atoms with van der Waals surface area (Å²) in [6, 6.07) is 6.11. The van der Waals surface area contributed by atoms with E-state index in [4.69, 9.17) is 0 Å². The number of halogens is 3. The number of carbonyl (C=O) groups is 2. The molecule has 4 aromatic rings. The molecule has 3 amide bonds. The molecule has 244 valence electrons. The highest BCUT2D eigenvalue weighted by molar-refractivity contribution is 7.13. The molecular weight excluding hydrogens is 621 g/mol. The molecule has 5 rings (SSSR count). The van der Waals surface area contributed by atoms with E-state index < -0.39 is 23.3 Å². The van der Waals surface area contributed by atoms with Gasteiger partial charge < -0.3 is 25.0 Å². The standard InChI is InChI=1S/C31H35F3N8O3S/c1-4-7-36-30(45)39-26-15-20(28-38-25(18-46-28)31(32,33)34)22(16-37-26)19-5-6-24-21(14-19)27(43)23(17-42(24)13-12-40(2)3)29(44)41-10-8-35-9-11-41/h5-6,14-18,35H,4,7-13H2,1-3H3,(H2,36,37,39,45). The number of carbonyl (C=O) groups excluding carboxylic acids is 2.